The Morgan fingerprint density at radius 1 is 1.04 bits per heavy atom. The second-order valence-electron chi connectivity index (χ2n) is 8.75. The first kappa shape index (κ1) is 19.4. The Balaban J connectivity index is 1.15. The van der Waals surface area contributed by atoms with E-state index in [-0.39, 0.29) is 5.91 Å². The van der Waals surface area contributed by atoms with Crippen LogP contribution < -0.4 is 5.32 Å². The first-order valence-corrected chi connectivity index (χ1v) is 11.2. The molecule has 1 fully saturated rings. The number of hydrogen-bond acceptors (Lipinski definition) is 2. The fraction of sp³-hybridized carbons (Fsp3) is 0.560. The molecule has 1 aliphatic heterocycles. The van der Waals surface area contributed by atoms with Gasteiger partial charge in [0, 0.05) is 24.7 Å². The molecule has 0 radical (unpaired) electrons. The summed E-state index contributed by atoms with van der Waals surface area (Å²) in [5, 5.41) is 3.28. The van der Waals surface area contributed by atoms with Crippen molar-refractivity contribution in [2.45, 2.75) is 63.8 Å². The highest BCUT2D eigenvalue weighted by molar-refractivity contribution is 5.93. The maximum atomic E-state index is 12.3. The predicted octanol–water partition coefficient (Wildman–Crippen LogP) is 4.95. The summed E-state index contributed by atoms with van der Waals surface area (Å²) in [6, 6.07) is 11.2. The first-order chi connectivity index (χ1) is 13.8. The number of nitrogens with zero attached hydrogens (tertiary/aromatic N) is 1. The lowest BCUT2D eigenvalue weighted by atomic mass is 9.84. The van der Waals surface area contributed by atoms with Crippen molar-refractivity contribution in [1.29, 1.82) is 0 Å². The minimum Gasteiger partial charge on any atom is -0.350 e. The van der Waals surface area contributed by atoms with Gasteiger partial charge in [-0.3, -0.25) is 9.69 Å². The fourth-order valence-electron chi connectivity index (χ4n) is 4.94. The zero-order valence-corrected chi connectivity index (χ0v) is 17.0. The van der Waals surface area contributed by atoms with Gasteiger partial charge in [-0.25, -0.2) is 0 Å². The van der Waals surface area contributed by atoms with Gasteiger partial charge in [-0.05, 0) is 81.4 Å². The minimum atomic E-state index is 0.204. The number of nitrogens with one attached hydrogen (secondary N) is 1. The van der Waals surface area contributed by atoms with Gasteiger partial charge in [0.2, 0.25) is 5.91 Å². The van der Waals surface area contributed by atoms with Crippen molar-refractivity contribution >= 4 is 11.5 Å². The van der Waals surface area contributed by atoms with Crippen LogP contribution in [0.3, 0.4) is 0 Å². The maximum absolute atomic E-state index is 12.3. The summed E-state index contributed by atoms with van der Waals surface area (Å²) in [4.78, 5) is 14.9. The van der Waals surface area contributed by atoms with Crippen LogP contribution in [0.25, 0.3) is 5.57 Å². The average molecular weight is 379 g/mol. The van der Waals surface area contributed by atoms with Crippen LogP contribution in [0, 0.1) is 5.92 Å². The molecule has 0 bridgehead atoms. The van der Waals surface area contributed by atoms with Crippen LogP contribution in [0.2, 0.25) is 0 Å². The fourth-order valence-corrected chi connectivity index (χ4v) is 4.94. The van der Waals surface area contributed by atoms with Crippen LogP contribution in [-0.2, 0) is 4.79 Å². The lowest BCUT2D eigenvalue weighted by Gasteiger charge is -2.32. The molecule has 3 aliphatic rings. The molecule has 1 heterocycles. The number of rotatable bonds is 6. The van der Waals surface area contributed by atoms with Gasteiger partial charge in [0.25, 0.3) is 0 Å². The van der Waals surface area contributed by atoms with Gasteiger partial charge in [-0.15, -0.1) is 0 Å². The smallest absolute Gasteiger partial charge is 0.247 e. The van der Waals surface area contributed by atoms with Gasteiger partial charge in [0.1, 0.15) is 0 Å². The largest absolute Gasteiger partial charge is 0.350 e. The zero-order valence-electron chi connectivity index (χ0n) is 17.0. The van der Waals surface area contributed by atoms with Crippen molar-refractivity contribution in [3.63, 3.8) is 0 Å². The molecule has 1 aromatic carbocycles. The van der Waals surface area contributed by atoms with Crippen LogP contribution in [0.5, 0.6) is 0 Å². The third-order valence-corrected chi connectivity index (χ3v) is 6.81. The van der Waals surface area contributed by atoms with E-state index in [0.717, 1.165) is 50.1 Å². The average Bonchev–Trinajstić information content (AvgIpc) is 3.29. The lowest BCUT2D eigenvalue weighted by Crippen LogP contribution is -2.38. The van der Waals surface area contributed by atoms with Crippen molar-refractivity contribution < 1.29 is 4.79 Å². The molecule has 1 saturated carbocycles. The number of amides is 1. The van der Waals surface area contributed by atoms with Crippen LogP contribution in [0.15, 0.2) is 48.1 Å². The van der Waals surface area contributed by atoms with Crippen molar-refractivity contribution in [2.24, 2.45) is 5.92 Å². The molecule has 150 valence electrons. The SMILES string of the molecule is O=C(NC1CCC(CCN2CC=C(c3ccccc3)CC2)CC1)C1=CCCC1. The molecule has 1 amide bonds. The zero-order chi connectivity index (χ0) is 19.2. The summed E-state index contributed by atoms with van der Waals surface area (Å²) in [5.41, 5.74) is 3.91. The highest BCUT2D eigenvalue weighted by atomic mass is 16.1. The first-order valence-electron chi connectivity index (χ1n) is 11.2. The molecule has 0 spiro atoms. The summed E-state index contributed by atoms with van der Waals surface area (Å²) in [7, 11) is 0. The summed E-state index contributed by atoms with van der Waals surface area (Å²) in [5.74, 6) is 1.04. The Morgan fingerprint density at radius 2 is 1.86 bits per heavy atom. The van der Waals surface area contributed by atoms with E-state index in [1.54, 1.807) is 0 Å². The second-order valence-corrected chi connectivity index (χ2v) is 8.75. The number of carbonyl (C=O) groups is 1. The quantitative estimate of drug-likeness (QED) is 0.759. The van der Waals surface area contributed by atoms with E-state index in [1.807, 2.05) is 0 Å². The van der Waals surface area contributed by atoms with E-state index in [0.29, 0.717) is 6.04 Å². The molecular weight excluding hydrogens is 344 g/mol. The third-order valence-electron chi connectivity index (χ3n) is 6.81. The summed E-state index contributed by atoms with van der Waals surface area (Å²) >= 11 is 0. The molecule has 4 rings (SSSR count). The number of carbonyl (C=O) groups excluding carboxylic acids is 1. The monoisotopic (exact) mass is 378 g/mol. The highest BCUT2D eigenvalue weighted by Gasteiger charge is 2.24. The van der Waals surface area contributed by atoms with E-state index < -0.39 is 0 Å². The number of benzene rings is 1. The molecule has 3 heteroatoms. The number of hydrogen-bond donors (Lipinski definition) is 1. The van der Waals surface area contributed by atoms with Gasteiger partial charge in [0.15, 0.2) is 0 Å². The van der Waals surface area contributed by atoms with Crippen molar-refractivity contribution in [3.8, 4) is 0 Å². The molecule has 1 aromatic rings. The van der Waals surface area contributed by atoms with Crippen LogP contribution in [-0.4, -0.2) is 36.5 Å². The molecular formula is C25H34N2O. The standard InChI is InChI=1S/C25H34N2O/c28-25(23-8-4-5-9-23)26-24-12-10-20(11-13-24)14-17-27-18-15-22(16-19-27)21-6-2-1-3-7-21/h1-3,6-8,15,20,24H,4-5,9-14,16-19H2,(H,26,28). The lowest BCUT2D eigenvalue weighted by molar-refractivity contribution is -0.118. The Labute approximate surface area is 169 Å². The second kappa shape index (κ2) is 9.56. The Hall–Kier alpha value is -1.87. The normalized spacial score (nSPS) is 25.9. The Bertz CT molecular complexity index is 713. The molecule has 0 unspecified atom stereocenters. The molecule has 2 aliphatic carbocycles. The minimum absolute atomic E-state index is 0.204. The topological polar surface area (TPSA) is 32.3 Å². The number of allylic oxidation sites excluding steroid dienone is 1. The third kappa shape index (κ3) is 5.14. The summed E-state index contributed by atoms with van der Waals surface area (Å²) in [6.07, 6.45) is 15.0. The molecule has 28 heavy (non-hydrogen) atoms. The van der Waals surface area contributed by atoms with Gasteiger partial charge < -0.3 is 5.32 Å². The van der Waals surface area contributed by atoms with Crippen LogP contribution in [0.1, 0.15) is 63.4 Å². The molecule has 3 nitrogen and oxygen atoms in total. The van der Waals surface area contributed by atoms with Crippen molar-refractivity contribution in [1.82, 2.24) is 10.2 Å². The van der Waals surface area contributed by atoms with E-state index in [1.165, 1.54) is 49.9 Å². The van der Waals surface area contributed by atoms with E-state index >= 15 is 0 Å². The molecule has 0 atom stereocenters. The van der Waals surface area contributed by atoms with Crippen LogP contribution in [0.4, 0.5) is 0 Å². The Morgan fingerprint density at radius 3 is 2.54 bits per heavy atom. The van der Waals surface area contributed by atoms with E-state index in [4.69, 9.17) is 0 Å². The van der Waals surface area contributed by atoms with Crippen LogP contribution >= 0.6 is 0 Å². The van der Waals surface area contributed by atoms with Gasteiger partial charge in [-0.2, -0.15) is 0 Å². The Kier molecular flexibility index (Phi) is 6.64. The van der Waals surface area contributed by atoms with Crippen molar-refractivity contribution in [2.75, 3.05) is 19.6 Å². The van der Waals surface area contributed by atoms with E-state index in [9.17, 15) is 4.79 Å². The van der Waals surface area contributed by atoms with Crippen molar-refractivity contribution in [3.05, 3.63) is 53.6 Å². The summed E-state index contributed by atoms with van der Waals surface area (Å²) < 4.78 is 0. The van der Waals surface area contributed by atoms with E-state index in [2.05, 4.69) is 52.7 Å². The molecule has 0 aromatic heterocycles. The highest BCUT2D eigenvalue weighted by Crippen LogP contribution is 2.29. The summed E-state index contributed by atoms with van der Waals surface area (Å²) in [6.45, 7) is 3.49. The predicted molar refractivity (Wildman–Crippen MR) is 116 cm³/mol. The van der Waals surface area contributed by atoms with Gasteiger partial charge in [-0.1, -0.05) is 42.5 Å². The molecule has 0 saturated heterocycles. The van der Waals surface area contributed by atoms with Gasteiger partial charge >= 0.3 is 0 Å². The maximum Gasteiger partial charge on any atom is 0.247 e. The molecule has 1 N–H and O–H groups in total. The van der Waals surface area contributed by atoms with Gasteiger partial charge in [0.05, 0.1) is 0 Å².